The van der Waals surface area contributed by atoms with Crippen molar-refractivity contribution in [2.24, 2.45) is 5.41 Å². The highest BCUT2D eigenvalue weighted by Crippen LogP contribution is 2.39. The molecule has 0 amide bonds. The maximum atomic E-state index is 11.1. The van der Waals surface area contributed by atoms with E-state index in [4.69, 9.17) is 9.84 Å². The van der Waals surface area contributed by atoms with Gasteiger partial charge in [-0.25, -0.2) is 0 Å². The number of aliphatic carboxylic acids is 1. The van der Waals surface area contributed by atoms with Crippen LogP contribution < -0.4 is 0 Å². The Balaban J connectivity index is 2.80. The minimum Gasteiger partial charge on any atom is -0.481 e. The summed E-state index contributed by atoms with van der Waals surface area (Å²) in [4.78, 5) is 11.1. The summed E-state index contributed by atoms with van der Waals surface area (Å²) >= 11 is 0. The van der Waals surface area contributed by atoms with E-state index in [1.165, 1.54) is 0 Å². The molecule has 1 heterocycles. The molecule has 3 atom stereocenters. The van der Waals surface area contributed by atoms with Crippen LogP contribution in [0.1, 0.15) is 26.7 Å². The first-order chi connectivity index (χ1) is 5.99. The van der Waals surface area contributed by atoms with Crippen LogP contribution in [0.5, 0.6) is 0 Å². The van der Waals surface area contributed by atoms with Gasteiger partial charge in [-0.1, -0.05) is 0 Å². The molecular weight excluding hydrogens is 172 g/mol. The molecular formula is C9H16O4. The van der Waals surface area contributed by atoms with Gasteiger partial charge in [0.15, 0.2) is 0 Å². The van der Waals surface area contributed by atoms with Crippen LogP contribution in [0, 0.1) is 5.41 Å². The summed E-state index contributed by atoms with van der Waals surface area (Å²) in [6.45, 7) is 3.83. The minimum atomic E-state index is -0.881. The number of hydrogen-bond acceptors (Lipinski definition) is 3. The third kappa shape index (κ3) is 1.84. The summed E-state index contributed by atoms with van der Waals surface area (Å²) in [7, 11) is 0. The molecule has 1 aliphatic rings. The molecule has 76 valence electrons. The van der Waals surface area contributed by atoms with Crippen LogP contribution in [0.2, 0.25) is 0 Å². The summed E-state index contributed by atoms with van der Waals surface area (Å²) in [5.41, 5.74) is -0.881. The topological polar surface area (TPSA) is 66.8 Å². The fourth-order valence-corrected chi connectivity index (χ4v) is 1.94. The highest BCUT2D eigenvalue weighted by atomic mass is 16.5. The first-order valence-corrected chi connectivity index (χ1v) is 4.52. The maximum absolute atomic E-state index is 11.1. The summed E-state index contributed by atoms with van der Waals surface area (Å²) < 4.78 is 5.24. The lowest BCUT2D eigenvalue weighted by atomic mass is 9.77. The molecule has 0 radical (unpaired) electrons. The van der Waals surface area contributed by atoms with E-state index >= 15 is 0 Å². The molecule has 1 rings (SSSR count). The lowest BCUT2D eigenvalue weighted by Gasteiger charge is -2.28. The quantitative estimate of drug-likeness (QED) is 0.682. The zero-order chi connectivity index (χ0) is 10.1. The van der Waals surface area contributed by atoms with Crippen molar-refractivity contribution < 1.29 is 19.7 Å². The van der Waals surface area contributed by atoms with Crippen LogP contribution in [-0.4, -0.2) is 35.0 Å². The van der Waals surface area contributed by atoms with Gasteiger partial charge in [0.2, 0.25) is 0 Å². The van der Waals surface area contributed by atoms with E-state index in [1.807, 2.05) is 0 Å². The van der Waals surface area contributed by atoms with Crippen molar-refractivity contribution in [3.63, 3.8) is 0 Å². The number of carboxylic acids is 1. The Morgan fingerprint density at radius 3 is 2.69 bits per heavy atom. The highest BCUT2D eigenvalue weighted by molar-refractivity contribution is 5.75. The predicted octanol–water partition coefficient (Wildman–Crippen LogP) is 0.637. The smallest absolute Gasteiger partial charge is 0.312 e. The summed E-state index contributed by atoms with van der Waals surface area (Å²) in [5, 5.41) is 18.3. The number of ether oxygens (including phenoxy) is 1. The van der Waals surface area contributed by atoms with E-state index in [2.05, 4.69) is 0 Å². The van der Waals surface area contributed by atoms with Crippen LogP contribution in [0.25, 0.3) is 0 Å². The molecule has 0 spiro atoms. The minimum absolute atomic E-state index is 0.267. The Hall–Kier alpha value is -0.610. The molecule has 0 aliphatic carbocycles. The Morgan fingerprint density at radius 1 is 1.77 bits per heavy atom. The summed E-state index contributed by atoms with van der Waals surface area (Å²) in [6.07, 6.45) is -0.141. The molecule has 3 unspecified atom stereocenters. The van der Waals surface area contributed by atoms with Crippen molar-refractivity contribution >= 4 is 5.97 Å². The molecule has 2 N–H and O–H groups in total. The number of rotatable bonds is 3. The van der Waals surface area contributed by atoms with Gasteiger partial charge in [-0.2, -0.15) is 0 Å². The number of carbonyl (C=O) groups is 1. The Kier molecular flexibility index (Phi) is 2.93. The van der Waals surface area contributed by atoms with Crippen LogP contribution in [-0.2, 0) is 9.53 Å². The van der Waals surface area contributed by atoms with E-state index in [1.54, 1.807) is 13.8 Å². The monoisotopic (exact) mass is 188 g/mol. The Bertz CT molecular complexity index is 202. The van der Waals surface area contributed by atoms with Gasteiger partial charge in [0, 0.05) is 6.61 Å². The highest BCUT2D eigenvalue weighted by Gasteiger charge is 2.48. The molecule has 1 aliphatic heterocycles. The van der Waals surface area contributed by atoms with Crippen LogP contribution >= 0.6 is 0 Å². The molecule has 1 fully saturated rings. The fourth-order valence-electron chi connectivity index (χ4n) is 1.94. The lowest BCUT2D eigenvalue weighted by molar-refractivity contribution is -0.154. The summed E-state index contributed by atoms with van der Waals surface area (Å²) in [5.74, 6) is -0.863. The molecule has 4 nitrogen and oxygen atoms in total. The fraction of sp³-hybridized carbons (Fsp3) is 0.889. The van der Waals surface area contributed by atoms with Crippen molar-refractivity contribution in [1.29, 1.82) is 0 Å². The van der Waals surface area contributed by atoms with Gasteiger partial charge < -0.3 is 14.9 Å². The zero-order valence-corrected chi connectivity index (χ0v) is 7.99. The largest absolute Gasteiger partial charge is 0.481 e. The number of carboxylic acid groups (broad SMARTS) is 1. The molecule has 1 saturated heterocycles. The third-order valence-corrected chi connectivity index (χ3v) is 2.78. The number of hydrogen-bond donors (Lipinski definition) is 2. The average molecular weight is 188 g/mol. The summed E-state index contributed by atoms with van der Waals surface area (Å²) in [6, 6.07) is 0. The first kappa shape index (κ1) is 10.5. The van der Waals surface area contributed by atoms with Crippen molar-refractivity contribution in [3.05, 3.63) is 0 Å². The van der Waals surface area contributed by atoms with Gasteiger partial charge in [-0.15, -0.1) is 0 Å². The molecule has 0 saturated carbocycles. The van der Waals surface area contributed by atoms with E-state index in [9.17, 15) is 9.90 Å². The average Bonchev–Trinajstić information content (AvgIpc) is 2.32. The van der Waals surface area contributed by atoms with Gasteiger partial charge in [0.25, 0.3) is 0 Å². The third-order valence-electron chi connectivity index (χ3n) is 2.78. The van der Waals surface area contributed by atoms with Crippen molar-refractivity contribution in [1.82, 2.24) is 0 Å². The predicted molar refractivity (Wildman–Crippen MR) is 46.4 cm³/mol. The van der Waals surface area contributed by atoms with Crippen LogP contribution in [0.4, 0.5) is 0 Å². The van der Waals surface area contributed by atoms with Crippen LogP contribution in [0.15, 0.2) is 0 Å². The van der Waals surface area contributed by atoms with Gasteiger partial charge in [-0.3, -0.25) is 4.79 Å². The first-order valence-electron chi connectivity index (χ1n) is 4.52. The SMILES string of the molecule is CC(O)CC1(C(=O)O)CCOC1C. The maximum Gasteiger partial charge on any atom is 0.312 e. The zero-order valence-electron chi connectivity index (χ0n) is 7.99. The van der Waals surface area contributed by atoms with E-state index in [0.717, 1.165) is 0 Å². The molecule has 0 bridgehead atoms. The number of aliphatic hydroxyl groups is 1. The molecule has 4 heteroatoms. The van der Waals surface area contributed by atoms with Crippen molar-refractivity contribution in [2.45, 2.75) is 38.9 Å². The lowest BCUT2D eigenvalue weighted by Crippen LogP contribution is -2.39. The molecule has 0 aromatic carbocycles. The van der Waals surface area contributed by atoms with Crippen molar-refractivity contribution in [2.75, 3.05) is 6.61 Å². The van der Waals surface area contributed by atoms with Crippen molar-refractivity contribution in [3.8, 4) is 0 Å². The second-order valence-corrected chi connectivity index (χ2v) is 3.78. The van der Waals surface area contributed by atoms with Gasteiger partial charge in [0.05, 0.1) is 17.6 Å². The molecule has 0 aromatic heterocycles. The van der Waals surface area contributed by atoms with Gasteiger partial charge in [0.1, 0.15) is 0 Å². The Morgan fingerprint density at radius 2 is 2.38 bits per heavy atom. The second-order valence-electron chi connectivity index (χ2n) is 3.78. The van der Waals surface area contributed by atoms with Crippen LogP contribution in [0.3, 0.4) is 0 Å². The second kappa shape index (κ2) is 3.64. The number of aliphatic hydroxyl groups excluding tert-OH is 1. The Labute approximate surface area is 77.5 Å². The molecule has 0 aromatic rings. The van der Waals surface area contributed by atoms with E-state index in [-0.39, 0.29) is 12.5 Å². The van der Waals surface area contributed by atoms with E-state index < -0.39 is 17.5 Å². The van der Waals surface area contributed by atoms with Gasteiger partial charge >= 0.3 is 5.97 Å². The molecule has 13 heavy (non-hydrogen) atoms. The van der Waals surface area contributed by atoms with Gasteiger partial charge in [-0.05, 0) is 26.7 Å². The normalized spacial score (nSPS) is 36.1. The standard InChI is InChI=1S/C9H16O4/c1-6(10)5-9(8(11)12)3-4-13-7(9)2/h6-7,10H,3-5H2,1-2H3,(H,11,12). The van der Waals surface area contributed by atoms with E-state index in [0.29, 0.717) is 13.0 Å².